The molecule has 0 fully saturated rings. The Labute approximate surface area is 99.8 Å². The van der Waals surface area contributed by atoms with E-state index < -0.39 is 4.84 Å². The van der Waals surface area contributed by atoms with E-state index in [1.54, 1.807) is 7.05 Å². The third-order valence-corrected chi connectivity index (χ3v) is 2.44. The lowest BCUT2D eigenvalue weighted by molar-refractivity contribution is -0.128. The standard InChI is InChI=1S/C11H13Cl2NO/c1-8-4-3-5-9(6-8)7-14(2)11(15)10(12)13/h3-6,10H,7H2,1-2H3. The fourth-order valence-corrected chi connectivity index (χ4v) is 1.66. The van der Waals surface area contributed by atoms with Crippen LogP contribution in [0.5, 0.6) is 0 Å². The maximum atomic E-state index is 11.4. The molecule has 1 amide bonds. The fourth-order valence-electron chi connectivity index (χ4n) is 1.33. The predicted octanol–water partition coefficient (Wildman–Crippen LogP) is 2.76. The largest absolute Gasteiger partial charge is 0.339 e. The van der Waals surface area contributed by atoms with Crippen molar-refractivity contribution in [1.82, 2.24) is 4.90 Å². The average Bonchev–Trinajstić information content (AvgIpc) is 2.16. The van der Waals surface area contributed by atoms with Crippen molar-refractivity contribution in [2.45, 2.75) is 18.3 Å². The van der Waals surface area contributed by atoms with Gasteiger partial charge < -0.3 is 4.90 Å². The predicted molar refractivity (Wildman–Crippen MR) is 63.1 cm³/mol. The molecule has 0 radical (unpaired) electrons. The maximum absolute atomic E-state index is 11.4. The van der Waals surface area contributed by atoms with E-state index in [1.165, 1.54) is 10.5 Å². The first-order valence-electron chi connectivity index (χ1n) is 4.59. The van der Waals surface area contributed by atoms with Crippen LogP contribution < -0.4 is 0 Å². The molecular weight excluding hydrogens is 233 g/mol. The molecule has 1 aromatic rings. The molecule has 0 aliphatic heterocycles. The molecule has 0 bridgehead atoms. The van der Waals surface area contributed by atoms with Gasteiger partial charge in [-0.3, -0.25) is 4.79 Å². The fraction of sp³-hybridized carbons (Fsp3) is 0.364. The molecule has 0 unspecified atom stereocenters. The minimum Gasteiger partial charge on any atom is -0.339 e. The van der Waals surface area contributed by atoms with Gasteiger partial charge >= 0.3 is 0 Å². The molecule has 1 rings (SSSR count). The molecule has 0 atom stereocenters. The molecule has 0 aromatic heterocycles. The van der Waals surface area contributed by atoms with Crippen molar-refractivity contribution in [2.75, 3.05) is 7.05 Å². The number of hydrogen-bond acceptors (Lipinski definition) is 1. The second kappa shape index (κ2) is 5.38. The van der Waals surface area contributed by atoms with Crippen molar-refractivity contribution in [1.29, 1.82) is 0 Å². The molecule has 2 nitrogen and oxygen atoms in total. The molecule has 15 heavy (non-hydrogen) atoms. The topological polar surface area (TPSA) is 20.3 Å². The van der Waals surface area contributed by atoms with Gasteiger partial charge in [0.2, 0.25) is 0 Å². The number of carbonyl (C=O) groups excluding carboxylic acids is 1. The number of halogens is 2. The normalized spacial score (nSPS) is 10.5. The van der Waals surface area contributed by atoms with Gasteiger partial charge in [0, 0.05) is 13.6 Å². The Kier molecular flexibility index (Phi) is 4.43. The van der Waals surface area contributed by atoms with Crippen molar-refractivity contribution in [3.63, 3.8) is 0 Å². The molecule has 1 aromatic carbocycles. The lowest BCUT2D eigenvalue weighted by Gasteiger charge is -2.17. The van der Waals surface area contributed by atoms with E-state index in [-0.39, 0.29) is 5.91 Å². The summed E-state index contributed by atoms with van der Waals surface area (Å²) in [4.78, 5) is 11.9. The summed E-state index contributed by atoms with van der Waals surface area (Å²) in [7, 11) is 1.68. The molecule has 0 aliphatic rings. The third-order valence-electron chi connectivity index (χ3n) is 2.07. The summed E-state index contributed by atoms with van der Waals surface area (Å²) >= 11 is 11.0. The highest BCUT2D eigenvalue weighted by Crippen LogP contribution is 2.10. The number of amides is 1. The van der Waals surface area contributed by atoms with Crippen LogP contribution in [0.1, 0.15) is 11.1 Å². The van der Waals surface area contributed by atoms with Crippen LogP contribution in [-0.2, 0) is 11.3 Å². The van der Waals surface area contributed by atoms with E-state index in [2.05, 4.69) is 0 Å². The Balaban J connectivity index is 2.66. The highest BCUT2D eigenvalue weighted by atomic mass is 35.5. The molecule has 4 heteroatoms. The molecule has 0 aliphatic carbocycles. The van der Waals surface area contributed by atoms with Crippen molar-refractivity contribution in [2.24, 2.45) is 0 Å². The Bertz CT molecular complexity index is 352. The van der Waals surface area contributed by atoms with Gasteiger partial charge in [-0.05, 0) is 12.5 Å². The summed E-state index contributed by atoms with van der Waals surface area (Å²) in [6.45, 7) is 2.54. The highest BCUT2D eigenvalue weighted by molar-refractivity contribution is 6.53. The third kappa shape index (κ3) is 3.73. The summed E-state index contributed by atoms with van der Waals surface area (Å²) in [5, 5.41) is 0. The second-order valence-electron chi connectivity index (χ2n) is 3.48. The second-order valence-corrected chi connectivity index (χ2v) is 4.58. The van der Waals surface area contributed by atoms with Gasteiger partial charge in [-0.15, -0.1) is 0 Å². The van der Waals surface area contributed by atoms with E-state index in [0.717, 1.165) is 5.56 Å². The summed E-state index contributed by atoms with van der Waals surface area (Å²) in [6, 6.07) is 7.97. The molecular formula is C11H13Cl2NO. The minimum atomic E-state index is -0.986. The zero-order chi connectivity index (χ0) is 11.4. The van der Waals surface area contributed by atoms with Gasteiger partial charge in [0.25, 0.3) is 5.91 Å². The van der Waals surface area contributed by atoms with Gasteiger partial charge in [-0.25, -0.2) is 0 Å². The number of alkyl halides is 2. The van der Waals surface area contributed by atoms with Crippen LogP contribution in [-0.4, -0.2) is 22.7 Å². The zero-order valence-electron chi connectivity index (χ0n) is 8.71. The van der Waals surface area contributed by atoms with Crippen LogP contribution in [0.3, 0.4) is 0 Å². The average molecular weight is 246 g/mol. The highest BCUT2D eigenvalue weighted by Gasteiger charge is 2.16. The van der Waals surface area contributed by atoms with Crippen molar-refractivity contribution < 1.29 is 4.79 Å². The van der Waals surface area contributed by atoms with Gasteiger partial charge in [-0.1, -0.05) is 53.0 Å². The lowest BCUT2D eigenvalue weighted by Crippen LogP contribution is -2.30. The monoisotopic (exact) mass is 245 g/mol. The van der Waals surface area contributed by atoms with Crippen LogP contribution >= 0.6 is 23.2 Å². The smallest absolute Gasteiger partial charge is 0.255 e. The van der Waals surface area contributed by atoms with Gasteiger partial charge in [0.1, 0.15) is 0 Å². The van der Waals surface area contributed by atoms with Gasteiger partial charge in [0.05, 0.1) is 0 Å². The molecule has 0 saturated heterocycles. The Morgan fingerprint density at radius 1 is 1.47 bits per heavy atom. The van der Waals surface area contributed by atoms with E-state index >= 15 is 0 Å². The quantitative estimate of drug-likeness (QED) is 0.751. The molecule has 0 heterocycles. The van der Waals surface area contributed by atoms with E-state index in [0.29, 0.717) is 6.54 Å². The number of aryl methyl sites for hydroxylation is 1. The summed E-state index contributed by atoms with van der Waals surface area (Å²) in [5.41, 5.74) is 2.24. The first-order chi connectivity index (χ1) is 7.00. The van der Waals surface area contributed by atoms with Crippen LogP contribution in [0.4, 0.5) is 0 Å². The molecule has 0 N–H and O–H groups in total. The van der Waals surface area contributed by atoms with E-state index in [4.69, 9.17) is 23.2 Å². The summed E-state index contributed by atoms with van der Waals surface area (Å²) in [5.74, 6) is -0.278. The number of hydrogen-bond donors (Lipinski definition) is 0. The maximum Gasteiger partial charge on any atom is 0.255 e. The minimum absolute atomic E-state index is 0.278. The Morgan fingerprint density at radius 3 is 2.67 bits per heavy atom. The summed E-state index contributed by atoms with van der Waals surface area (Å²) < 4.78 is 0. The van der Waals surface area contributed by atoms with Gasteiger partial charge in [0.15, 0.2) is 4.84 Å². The zero-order valence-corrected chi connectivity index (χ0v) is 10.2. The Hall–Kier alpha value is -0.730. The van der Waals surface area contributed by atoms with Crippen LogP contribution in [0.25, 0.3) is 0 Å². The molecule has 0 saturated carbocycles. The number of rotatable bonds is 3. The van der Waals surface area contributed by atoms with Crippen molar-refractivity contribution >= 4 is 29.1 Å². The first-order valence-corrected chi connectivity index (χ1v) is 5.46. The van der Waals surface area contributed by atoms with Crippen LogP contribution in [0.2, 0.25) is 0 Å². The SMILES string of the molecule is Cc1cccc(CN(C)C(=O)C(Cl)Cl)c1. The number of benzene rings is 1. The number of carbonyl (C=O) groups is 1. The first kappa shape index (κ1) is 12.3. The molecule has 82 valence electrons. The van der Waals surface area contributed by atoms with Gasteiger partial charge in [-0.2, -0.15) is 0 Å². The van der Waals surface area contributed by atoms with E-state index in [1.807, 2.05) is 31.2 Å². The Morgan fingerprint density at radius 2 is 2.13 bits per heavy atom. The van der Waals surface area contributed by atoms with E-state index in [9.17, 15) is 4.79 Å². The lowest BCUT2D eigenvalue weighted by atomic mass is 10.1. The summed E-state index contributed by atoms with van der Waals surface area (Å²) in [6.07, 6.45) is 0. The molecule has 0 spiro atoms. The van der Waals surface area contributed by atoms with Crippen LogP contribution in [0, 0.1) is 6.92 Å². The number of nitrogens with zero attached hydrogens (tertiary/aromatic N) is 1. The van der Waals surface area contributed by atoms with Crippen molar-refractivity contribution in [3.8, 4) is 0 Å². The van der Waals surface area contributed by atoms with Crippen molar-refractivity contribution in [3.05, 3.63) is 35.4 Å². The van der Waals surface area contributed by atoms with Crippen LogP contribution in [0.15, 0.2) is 24.3 Å².